The van der Waals surface area contributed by atoms with Gasteiger partial charge >= 0.3 is 5.97 Å². The zero-order chi connectivity index (χ0) is 29.0. The number of aliphatic imine (C=N–C) groups is 1. The normalized spacial score (nSPS) is 37.3. The molecule has 0 unspecified atom stereocenters. The highest BCUT2D eigenvalue weighted by Gasteiger charge is 2.67. The summed E-state index contributed by atoms with van der Waals surface area (Å²) in [6, 6.07) is 0. The van der Waals surface area contributed by atoms with Gasteiger partial charge in [0.15, 0.2) is 0 Å². The largest absolute Gasteiger partial charge is 0.508 e. The summed E-state index contributed by atoms with van der Waals surface area (Å²) >= 11 is 0. The maximum absolute atomic E-state index is 14.4. The van der Waals surface area contributed by atoms with Gasteiger partial charge in [0.25, 0.3) is 5.91 Å². The molecule has 9 nitrogen and oxygen atoms in total. The number of carbonyl (C=O) groups is 2. The number of carbonyl (C=O) groups excluding carboxylic acids is 2. The van der Waals surface area contributed by atoms with E-state index in [2.05, 4.69) is 4.90 Å². The van der Waals surface area contributed by atoms with Crippen LogP contribution in [-0.2, 0) is 23.8 Å². The summed E-state index contributed by atoms with van der Waals surface area (Å²) in [7, 11) is 0. The van der Waals surface area contributed by atoms with Gasteiger partial charge in [-0.1, -0.05) is 20.8 Å². The molecule has 7 aliphatic rings. The van der Waals surface area contributed by atoms with Crippen molar-refractivity contribution in [1.82, 2.24) is 9.80 Å². The zero-order valence-electron chi connectivity index (χ0n) is 25.5. The fourth-order valence-electron chi connectivity index (χ4n) is 9.25. The molecule has 6 fully saturated rings. The maximum Gasteiger partial charge on any atom is 0.342 e. The minimum absolute atomic E-state index is 0.115. The fraction of sp³-hybridized carbons (Fsp3) is 0.844. The van der Waals surface area contributed by atoms with E-state index in [9.17, 15) is 14.7 Å². The Morgan fingerprint density at radius 2 is 1.73 bits per heavy atom. The van der Waals surface area contributed by atoms with Crippen LogP contribution in [0.15, 0.2) is 16.3 Å². The number of morpholine rings is 1. The van der Waals surface area contributed by atoms with Crippen LogP contribution in [-0.4, -0.2) is 96.9 Å². The quantitative estimate of drug-likeness (QED) is 0.253. The zero-order valence-corrected chi connectivity index (χ0v) is 25.5. The summed E-state index contributed by atoms with van der Waals surface area (Å²) in [5.74, 6) is 1.07. The topological polar surface area (TPSA) is 101 Å². The minimum Gasteiger partial charge on any atom is -0.508 e. The fourth-order valence-corrected chi connectivity index (χ4v) is 9.25. The minimum atomic E-state index is -1.66. The summed E-state index contributed by atoms with van der Waals surface area (Å²) in [5, 5.41) is 11.9. The van der Waals surface area contributed by atoms with Crippen molar-refractivity contribution in [2.45, 2.75) is 90.8 Å². The lowest BCUT2D eigenvalue weighted by Crippen LogP contribution is -2.57. The summed E-state index contributed by atoms with van der Waals surface area (Å²) in [6.07, 6.45) is 8.42. The number of aliphatic hydroxyl groups excluding tert-OH is 1. The number of hydrogen-bond donors (Lipinski definition) is 1. The molecule has 7 rings (SSSR count). The number of rotatable bonds is 9. The first-order valence-corrected chi connectivity index (χ1v) is 16.0. The van der Waals surface area contributed by atoms with E-state index < -0.39 is 23.2 Å². The molecule has 0 spiro atoms. The first-order valence-electron chi connectivity index (χ1n) is 16.0. The number of esters is 1. The molecule has 3 heterocycles. The van der Waals surface area contributed by atoms with E-state index in [1.807, 2.05) is 20.8 Å². The predicted octanol–water partition coefficient (Wildman–Crippen LogP) is 4.11. The van der Waals surface area contributed by atoms with Crippen LogP contribution in [0.1, 0.15) is 79.1 Å². The Balaban J connectivity index is 1.34. The monoisotopic (exact) mass is 571 g/mol. The van der Waals surface area contributed by atoms with Crippen molar-refractivity contribution in [3.05, 3.63) is 11.3 Å². The first-order chi connectivity index (χ1) is 19.6. The van der Waals surface area contributed by atoms with Crippen LogP contribution in [0.3, 0.4) is 0 Å². The van der Waals surface area contributed by atoms with Crippen molar-refractivity contribution in [2.75, 3.05) is 52.6 Å². The molecule has 0 aromatic carbocycles. The van der Waals surface area contributed by atoms with E-state index >= 15 is 0 Å². The smallest absolute Gasteiger partial charge is 0.342 e. The Labute approximate surface area is 244 Å². The summed E-state index contributed by atoms with van der Waals surface area (Å²) in [4.78, 5) is 36.9. The molecule has 1 N–H and O–H groups in total. The third-order valence-corrected chi connectivity index (χ3v) is 10.5. The predicted molar refractivity (Wildman–Crippen MR) is 154 cm³/mol. The molecule has 1 amide bonds. The van der Waals surface area contributed by atoms with Gasteiger partial charge in [0, 0.05) is 31.6 Å². The van der Waals surface area contributed by atoms with Gasteiger partial charge in [0.05, 0.1) is 32.1 Å². The van der Waals surface area contributed by atoms with Gasteiger partial charge in [-0.25, -0.2) is 4.79 Å². The van der Waals surface area contributed by atoms with Crippen molar-refractivity contribution >= 4 is 17.6 Å². The number of hydrogen-bond acceptors (Lipinski definition) is 8. The van der Waals surface area contributed by atoms with E-state index in [0.717, 1.165) is 57.0 Å². The van der Waals surface area contributed by atoms with Crippen molar-refractivity contribution in [3.63, 3.8) is 0 Å². The van der Waals surface area contributed by atoms with E-state index in [4.69, 9.17) is 19.2 Å². The van der Waals surface area contributed by atoms with Crippen LogP contribution < -0.4 is 0 Å². The van der Waals surface area contributed by atoms with Crippen molar-refractivity contribution < 1.29 is 28.9 Å². The molecule has 4 bridgehead atoms. The second-order valence-electron chi connectivity index (χ2n) is 14.7. The molecule has 3 aliphatic heterocycles. The highest BCUT2D eigenvalue weighted by atomic mass is 16.6. The van der Waals surface area contributed by atoms with E-state index in [-0.39, 0.29) is 35.9 Å². The van der Waals surface area contributed by atoms with Gasteiger partial charge in [0.1, 0.15) is 17.6 Å². The number of ether oxygens (including phenoxy) is 3. The van der Waals surface area contributed by atoms with Gasteiger partial charge in [-0.05, 0) is 81.5 Å². The molecule has 0 aromatic heterocycles. The second-order valence-corrected chi connectivity index (χ2v) is 14.7. The van der Waals surface area contributed by atoms with Gasteiger partial charge in [-0.3, -0.25) is 19.6 Å². The molecule has 41 heavy (non-hydrogen) atoms. The van der Waals surface area contributed by atoms with Gasteiger partial charge in [-0.2, -0.15) is 0 Å². The Kier molecular flexibility index (Phi) is 7.77. The summed E-state index contributed by atoms with van der Waals surface area (Å²) in [6.45, 7) is 12.6. The lowest BCUT2D eigenvalue weighted by Gasteiger charge is -2.57. The average molecular weight is 572 g/mol. The average Bonchev–Trinajstić information content (AvgIpc) is 3.42. The lowest BCUT2D eigenvalue weighted by molar-refractivity contribution is -0.160. The molecule has 228 valence electrons. The molecule has 0 radical (unpaired) electrons. The van der Waals surface area contributed by atoms with Crippen molar-refractivity contribution in [3.8, 4) is 0 Å². The first kappa shape index (κ1) is 29.1. The summed E-state index contributed by atoms with van der Waals surface area (Å²) in [5.41, 5.74) is -1.10. The Hall–Kier alpha value is -1.97. The molecular weight excluding hydrogens is 522 g/mol. The molecule has 2 atom stereocenters. The highest BCUT2D eigenvalue weighted by Crippen LogP contribution is 2.62. The maximum atomic E-state index is 14.4. The Morgan fingerprint density at radius 3 is 2.32 bits per heavy atom. The molecule has 9 heteroatoms. The van der Waals surface area contributed by atoms with E-state index in [0.29, 0.717) is 18.7 Å². The van der Waals surface area contributed by atoms with Gasteiger partial charge in [0.2, 0.25) is 5.54 Å². The van der Waals surface area contributed by atoms with Crippen LogP contribution in [0.25, 0.3) is 0 Å². The van der Waals surface area contributed by atoms with Gasteiger partial charge in [-0.15, -0.1) is 0 Å². The lowest BCUT2D eigenvalue weighted by atomic mass is 9.48. The number of fused-ring (bicyclic) bond motifs is 1. The Bertz CT molecular complexity index is 1070. The van der Waals surface area contributed by atoms with Crippen molar-refractivity contribution in [2.24, 2.45) is 33.6 Å². The molecule has 2 saturated heterocycles. The highest BCUT2D eigenvalue weighted by molar-refractivity contribution is 6.26. The number of nitrogens with zero attached hydrogens (tertiary/aromatic N) is 3. The van der Waals surface area contributed by atoms with E-state index in [1.54, 1.807) is 6.92 Å². The van der Waals surface area contributed by atoms with Crippen LogP contribution in [0.5, 0.6) is 0 Å². The number of aliphatic hydroxyl groups is 1. The van der Waals surface area contributed by atoms with Crippen LogP contribution in [0, 0.1) is 28.6 Å². The van der Waals surface area contributed by atoms with Crippen LogP contribution in [0.4, 0.5) is 0 Å². The molecule has 0 aromatic rings. The molecule has 4 aliphatic carbocycles. The third kappa shape index (κ3) is 5.14. The van der Waals surface area contributed by atoms with Crippen LogP contribution >= 0.6 is 0 Å². The second kappa shape index (κ2) is 10.9. The number of amides is 1. The van der Waals surface area contributed by atoms with E-state index in [1.165, 1.54) is 43.4 Å². The standard InChI is InChI=1S/C32H49N3O6/c1-5-40-29(38)32-20-41-28(30(2,3)4)35(32)27(37)25(26(32)36)24(33-7-6-8-34-9-11-39-12-10-34)19-31-16-21-13-22(17-31)15-23(14-21)18-31/h21-23,28,36H,5-20H2,1-4H3/t21?,22?,23?,28-,31?,32-/m1/s1. The molecule has 4 saturated carbocycles. The Morgan fingerprint density at radius 1 is 1.10 bits per heavy atom. The third-order valence-electron chi connectivity index (χ3n) is 10.5. The SMILES string of the molecule is CCOC(=O)[C@]12CO[C@H](C(C)(C)C)N1C(=O)C(C(CC13CC4CC(CC(C4)C1)C3)=NCCCN1CCOCC1)=C2O. The van der Waals surface area contributed by atoms with Crippen molar-refractivity contribution in [1.29, 1.82) is 0 Å². The summed E-state index contributed by atoms with van der Waals surface area (Å²) < 4.78 is 17.0. The molecular formula is C32H49N3O6. The van der Waals surface area contributed by atoms with Crippen LogP contribution in [0.2, 0.25) is 0 Å². The van der Waals surface area contributed by atoms with Gasteiger partial charge < -0.3 is 19.3 Å².